The Labute approximate surface area is 127 Å². The van der Waals surface area contributed by atoms with Crippen LogP contribution in [0.5, 0.6) is 5.75 Å². The van der Waals surface area contributed by atoms with E-state index in [1.165, 1.54) is 0 Å². The Hall–Kier alpha value is -2.27. The van der Waals surface area contributed by atoms with Crippen LogP contribution in [0.3, 0.4) is 0 Å². The van der Waals surface area contributed by atoms with Crippen molar-refractivity contribution in [2.24, 2.45) is 0 Å². The summed E-state index contributed by atoms with van der Waals surface area (Å²) >= 11 is 5.93. The van der Waals surface area contributed by atoms with E-state index in [1.54, 1.807) is 16.8 Å². The highest BCUT2D eigenvalue weighted by molar-refractivity contribution is 6.30. The van der Waals surface area contributed by atoms with Gasteiger partial charge in [-0.2, -0.15) is 4.98 Å². The Bertz CT molecular complexity index is 756. The van der Waals surface area contributed by atoms with Gasteiger partial charge in [0.2, 0.25) is 5.95 Å². The Balaban J connectivity index is 1.72. The molecule has 3 aromatic rings. The SMILES string of the molecule is CCOc1cccc(CNc2nc3ccc(Cl)cn3n2)c1. The second kappa shape index (κ2) is 6.01. The number of benzene rings is 1. The van der Waals surface area contributed by atoms with Crippen LogP contribution in [0.4, 0.5) is 5.95 Å². The van der Waals surface area contributed by atoms with Gasteiger partial charge < -0.3 is 10.1 Å². The third kappa shape index (κ3) is 3.25. The maximum absolute atomic E-state index is 5.93. The Kier molecular flexibility index (Phi) is 3.92. The quantitative estimate of drug-likeness (QED) is 0.785. The van der Waals surface area contributed by atoms with Crippen molar-refractivity contribution in [1.82, 2.24) is 14.6 Å². The second-order valence-corrected chi connectivity index (χ2v) is 4.96. The van der Waals surface area contributed by atoms with Gasteiger partial charge in [-0.1, -0.05) is 23.7 Å². The minimum atomic E-state index is 0.569. The van der Waals surface area contributed by atoms with Gasteiger partial charge >= 0.3 is 0 Å². The first-order chi connectivity index (χ1) is 10.2. The lowest BCUT2D eigenvalue weighted by atomic mass is 10.2. The second-order valence-electron chi connectivity index (χ2n) is 4.52. The molecule has 0 aliphatic rings. The van der Waals surface area contributed by atoms with E-state index >= 15 is 0 Å². The van der Waals surface area contributed by atoms with Crippen LogP contribution in [0.1, 0.15) is 12.5 Å². The van der Waals surface area contributed by atoms with Crippen molar-refractivity contribution in [1.29, 1.82) is 0 Å². The molecule has 108 valence electrons. The molecule has 0 atom stereocenters. The number of anilines is 1. The molecule has 0 aliphatic carbocycles. The van der Waals surface area contributed by atoms with E-state index in [4.69, 9.17) is 16.3 Å². The smallest absolute Gasteiger partial charge is 0.243 e. The Morgan fingerprint density at radius 2 is 2.19 bits per heavy atom. The van der Waals surface area contributed by atoms with E-state index in [9.17, 15) is 0 Å². The maximum atomic E-state index is 5.93. The van der Waals surface area contributed by atoms with Crippen LogP contribution in [0, 0.1) is 0 Å². The highest BCUT2D eigenvalue weighted by atomic mass is 35.5. The fourth-order valence-electron chi connectivity index (χ4n) is 2.03. The average Bonchev–Trinajstić information content (AvgIpc) is 2.88. The molecule has 0 amide bonds. The largest absolute Gasteiger partial charge is 0.494 e. The number of fused-ring (bicyclic) bond motifs is 1. The number of hydrogen-bond acceptors (Lipinski definition) is 4. The first kappa shape index (κ1) is 13.7. The molecule has 2 aromatic heterocycles. The highest BCUT2D eigenvalue weighted by Gasteiger charge is 2.04. The summed E-state index contributed by atoms with van der Waals surface area (Å²) in [5.74, 6) is 1.44. The molecule has 0 unspecified atom stereocenters. The monoisotopic (exact) mass is 302 g/mol. The van der Waals surface area contributed by atoms with Gasteiger partial charge in [0.1, 0.15) is 5.75 Å². The van der Waals surface area contributed by atoms with E-state index in [0.29, 0.717) is 24.1 Å². The molecule has 5 nitrogen and oxygen atoms in total. The van der Waals surface area contributed by atoms with Gasteiger partial charge in [0.25, 0.3) is 0 Å². The van der Waals surface area contributed by atoms with Crippen molar-refractivity contribution in [2.75, 3.05) is 11.9 Å². The number of rotatable bonds is 5. The molecule has 0 saturated heterocycles. The number of pyridine rings is 1. The zero-order valence-electron chi connectivity index (χ0n) is 11.6. The summed E-state index contributed by atoms with van der Waals surface area (Å²) in [4.78, 5) is 4.38. The molecule has 0 aliphatic heterocycles. The molecule has 0 saturated carbocycles. The zero-order valence-corrected chi connectivity index (χ0v) is 12.3. The first-order valence-electron chi connectivity index (χ1n) is 6.72. The van der Waals surface area contributed by atoms with Crippen molar-refractivity contribution >= 4 is 23.2 Å². The molecule has 3 rings (SSSR count). The summed E-state index contributed by atoms with van der Waals surface area (Å²) in [7, 11) is 0. The summed E-state index contributed by atoms with van der Waals surface area (Å²) in [5, 5.41) is 8.15. The van der Waals surface area contributed by atoms with Crippen LogP contribution >= 0.6 is 11.6 Å². The highest BCUT2D eigenvalue weighted by Crippen LogP contribution is 2.15. The fourth-order valence-corrected chi connectivity index (χ4v) is 2.18. The van der Waals surface area contributed by atoms with E-state index < -0.39 is 0 Å². The molecule has 0 radical (unpaired) electrons. The van der Waals surface area contributed by atoms with Gasteiger partial charge in [-0.25, -0.2) is 4.52 Å². The van der Waals surface area contributed by atoms with Gasteiger partial charge in [0.15, 0.2) is 5.65 Å². The van der Waals surface area contributed by atoms with Gasteiger partial charge in [-0.3, -0.25) is 0 Å². The standard InChI is InChI=1S/C15H15ClN4O/c1-2-21-13-5-3-4-11(8-13)9-17-15-18-14-7-6-12(16)10-20(14)19-15/h3-8,10H,2,9H2,1H3,(H,17,19). The molecular formula is C15H15ClN4O. The van der Waals surface area contributed by atoms with Crippen molar-refractivity contribution < 1.29 is 4.74 Å². The number of ether oxygens (including phenoxy) is 1. The van der Waals surface area contributed by atoms with Gasteiger partial charge in [0, 0.05) is 12.7 Å². The summed E-state index contributed by atoms with van der Waals surface area (Å²) in [5.41, 5.74) is 1.86. The van der Waals surface area contributed by atoms with E-state index in [2.05, 4.69) is 15.4 Å². The molecular weight excluding hydrogens is 288 g/mol. The van der Waals surface area contributed by atoms with Crippen LogP contribution < -0.4 is 10.1 Å². The summed E-state index contributed by atoms with van der Waals surface area (Å²) < 4.78 is 7.14. The number of halogens is 1. The lowest BCUT2D eigenvalue weighted by Gasteiger charge is -2.06. The fraction of sp³-hybridized carbons (Fsp3) is 0.200. The predicted molar refractivity (Wildman–Crippen MR) is 82.9 cm³/mol. The lowest BCUT2D eigenvalue weighted by molar-refractivity contribution is 0.340. The number of nitrogens with one attached hydrogen (secondary N) is 1. The van der Waals surface area contributed by atoms with Gasteiger partial charge in [-0.05, 0) is 36.8 Å². The molecule has 2 heterocycles. The average molecular weight is 303 g/mol. The lowest BCUT2D eigenvalue weighted by Crippen LogP contribution is -2.02. The Morgan fingerprint density at radius 3 is 3.05 bits per heavy atom. The van der Waals surface area contributed by atoms with Crippen molar-refractivity contribution in [3.8, 4) is 5.75 Å². The number of nitrogens with zero attached hydrogens (tertiary/aromatic N) is 3. The first-order valence-corrected chi connectivity index (χ1v) is 7.10. The van der Waals surface area contributed by atoms with Crippen LogP contribution in [0.2, 0.25) is 5.02 Å². The molecule has 0 bridgehead atoms. The molecule has 0 fully saturated rings. The van der Waals surface area contributed by atoms with E-state index in [1.807, 2.05) is 37.3 Å². The van der Waals surface area contributed by atoms with Crippen LogP contribution in [0.15, 0.2) is 42.6 Å². The molecule has 6 heteroatoms. The number of hydrogen-bond donors (Lipinski definition) is 1. The van der Waals surface area contributed by atoms with Crippen LogP contribution in [-0.2, 0) is 6.54 Å². The minimum absolute atomic E-state index is 0.569. The topological polar surface area (TPSA) is 51.5 Å². The van der Waals surface area contributed by atoms with E-state index in [0.717, 1.165) is 17.0 Å². The summed E-state index contributed by atoms with van der Waals surface area (Å²) in [6, 6.07) is 11.6. The molecule has 0 spiro atoms. The van der Waals surface area contributed by atoms with Gasteiger partial charge in [-0.15, -0.1) is 5.10 Å². The molecule has 21 heavy (non-hydrogen) atoms. The molecule has 1 aromatic carbocycles. The summed E-state index contributed by atoms with van der Waals surface area (Å²) in [6.45, 7) is 3.26. The van der Waals surface area contributed by atoms with Crippen LogP contribution in [-0.4, -0.2) is 21.2 Å². The predicted octanol–water partition coefficient (Wildman–Crippen LogP) is 3.39. The summed E-state index contributed by atoms with van der Waals surface area (Å²) in [6.07, 6.45) is 1.73. The van der Waals surface area contributed by atoms with Crippen molar-refractivity contribution in [3.63, 3.8) is 0 Å². The molecule has 1 N–H and O–H groups in total. The third-order valence-electron chi connectivity index (χ3n) is 2.95. The normalized spacial score (nSPS) is 10.8. The maximum Gasteiger partial charge on any atom is 0.243 e. The van der Waals surface area contributed by atoms with Crippen LogP contribution in [0.25, 0.3) is 5.65 Å². The van der Waals surface area contributed by atoms with E-state index in [-0.39, 0.29) is 0 Å². The number of aromatic nitrogens is 3. The third-order valence-corrected chi connectivity index (χ3v) is 3.18. The van der Waals surface area contributed by atoms with Crippen molar-refractivity contribution in [3.05, 3.63) is 53.2 Å². The Morgan fingerprint density at radius 1 is 1.29 bits per heavy atom. The zero-order chi connectivity index (χ0) is 14.7. The van der Waals surface area contributed by atoms with Gasteiger partial charge in [0.05, 0.1) is 11.6 Å². The minimum Gasteiger partial charge on any atom is -0.494 e. The van der Waals surface area contributed by atoms with Crippen molar-refractivity contribution in [2.45, 2.75) is 13.5 Å².